The zero-order valence-corrected chi connectivity index (χ0v) is 13.5. The Balaban J connectivity index is 1.49. The van der Waals surface area contributed by atoms with Crippen LogP contribution in [0.1, 0.15) is 25.2 Å². The van der Waals surface area contributed by atoms with E-state index in [9.17, 15) is 4.79 Å². The van der Waals surface area contributed by atoms with Crippen LogP contribution in [0.5, 0.6) is 0 Å². The summed E-state index contributed by atoms with van der Waals surface area (Å²) in [4.78, 5) is 16.1. The number of nitrogens with zero attached hydrogens (tertiary/aromatic N) is 1. The van der Waals surface area contributed by atoms with Crippen LogP contribution in [0.4, 0.5) is 0 Å². The molecule has 5 nitrogen and oxygen atoms in total. The van der Waals surface area contributed by atoms with Crippen LogP contribution in [-0.2, 0) is 16.0 Å². The number of rotatable bonds is 6. The molecule has 1 aliphatic heterocycles. The number of halogens is 1. The summed E-state index contributed by atoms with van der Waals surface area (Å²) in [6.07, 6.45) is 4.69. The Morgan fingerprint density at radius 3 is 3.04 bits per heavy atom. The van der Waals surface area contributed by atoms with Crippen molar-refractivity contribution in [2.75, 3.05) is 13.2 Å². The number of benzene rings is 1. The van der Waals surface area contributed by atoms with Gasteiger partial charge in [-0.05, 0) is 25.0 Å². The number of hydrogen-bond acceptors (Lipinski definition) is 4. The lowest BCUT2D eigenvalue weighted by atomic mass is 10.2. The van der Waals surface area contributed by atoms with Gasteiger partial charge in [0.2, 0.25) is 5.91 Å². The average molecular weight is 335 g/mol. The number of ether oxygens (including phenoxy) is 1. The van der Waals surface area contributed by atoms with Crippen LogP contribution >= 0.6 is 11.6 Å². The van der Waals surface area contributed by atoms with Gasteiger partial charge in [0.1, 0.15) is 0 Å². The van der Waals surface area contributed by atoms with Crippen molar-refractivity contribution in [3.05, 3.63) is 41.4 Å². The van der Waals surface area contributed by atoms with Crippen molar-refractivity contribution >= 4 is 17.5 Å². The molecule has 0 bridgehead atoms. The predicted molar refractivity (Wildman–Crippen MR) is 87.3 cm³/mol. The first kappa shape index (κ1) is 16.0. The van der Waals surface area contributed by atoms with Crippen molar-refractivity contribution in [2.45, 2.75) is 31.8 Å². The SMILES string of the molecule is O=C(CCc1ncc(-c2ccccc2Cl)o1)NC[C@H]1CCCO1. The lowest BCUT2D eigenvalue weighted by Crippen LogP contribution is -2.31. The number of oxazole rings is 1. The predicted octanol–water partition coefficient (Wildman–Crippen LogP) is 3.22. The van der Waals surface area contributed by atoms with Crippen LogP contribution in [0.3, 0.4) is 0 Å². The van der Waals surface area contributed by atoms with E-state index >= 15 is 0 Å². The Morgan fingerprint density at radius 1 is 1.39 bits per heavy atom. The summed E-state index contributed by atoms with van der Waals surface area (Å²) in [5.41, 5.74) is 0.802. The largest absolute Gasteiger partial charge is 0.441 e. The number of aromatic nitrogens is 1. The smallest absolute Gasteiger partial charge is 0.220 e. The third kappa shape index (κ3) is 4.33. The number of carbonyl (C=O) groups excluding carboxylic acids is 1. The molecule has 1 N–H and O–H groups in total. The number of aryl methyl sites for hydroxylation is 1. The molecule has 0 spiro atoms. The summed E-state index contributed by atoms with van der Waals surface area (Å²) in [6.45, 7) is 1.37. The van der Waals surface area contributed by atoms with Gasteiger partial charge in [0, 0.05) is 31.6 Å². The first-order valence-corrected chi connectivity index (χ1v) is 8.18. The van der Waals surface area contributed by atoms with E-state index in [4.69, 9.17) is 20.8 Å². The maximum Gasteiger partial charge on any atom is 0.220 e. The number of amides is 1. The molecule has 1 atom stereocenters. The second-order valence-electron chi connectivity index (χ2n) is 5.54. The molecule has 0 saturated carbocycles. The van der Waals surface area contributed by atoms with Gasteiger partial charge in [0.05, 0.1) is 17.3 Å². The van der Waals surface area contributed by atoms with Crippen molar-refractivity contribution in [2.24, 2.45) is 0 Å². The normalized spacial score (nSPS) is 17.3. The molecule has 2 aromatic rings. The first-order chi connectivity index (χ1) is 11.2. The Labute approximate surface area is 140 Å². The molecule has 0 aliphatic carbocycles. The molecule has 0 radical (unpaired) electrons. The summed E-state index contributed by atoms with van der Waals surface area (Å²) in [5.74, 6) is 1.13. The van der Waals surface area contributed by atoms with Gasteiger partial charge in [0.25, 0.3) is 0 Å². The zero-order chi connectivity index (χ0) is 16.1. The molecule has 6 heteroatoms. The highest BCUT2D eigenvalue weighted by Crippen LogP contribution is 2.28. The van der Waals surface area contributed by atoms with Crippen LogP contribution in [0.25, 0.3) is 11.3 Å². The number of carbonyl (C=O) groups is 1. The lowest BCUT2D eigenvalue weighted by molar-refractivity contribution is -0.121. The minimum Gasteiger partial charge on any atom is -0.441 e. The highest BCUT2D eigenvalue weighted by atomic mass is 35.5. The van der Waals surface area contributed by atoms with Gasteiger partial charge < -0.3 is 14.5 Å². The van der Waals surface area contributed by atoms with E-state index in [1.54, 1.807) is 12.3 Å². The summed E-state index contributed by atoms with van der Waals surface area (Å²) >= 11 is 6.14. The first-order valence-electron chi connectivity index (χ1n) is 7.80. The van der Waals surface area contributed by atoms with E-state index in [1.165, 1.54) is 0 Å². The Kier molecular flexibility index (Phi) is 5.31. The van der Waals surface area contributed by atoms with E-state index in [0.717, 1.165) is 25.0 Å². The van der Waals surface area contributed by atoms with Crippen molar-refractivity contribution in [1.29, 1.82) is 0 Å². The van der Waals surface area contributed by atoms with Crippen molar-refractivity contribution in [1.82, 2.24) is 10.3 Å². The quantitative estimate of drug-likeness (QED) is 0.881. The monoisotopic (exact) mass is 334 g/mol. The molecule has 122 valence electrons. The summed E-state index contributed by atoms with van der Waals surface area (Å²) in [5, 5.41) is 3.50. The fourth-order valence-corrected chi connectivity index (χ4v) is 2.78. The van der Waals surface area contributed by atoms with Crippen molar-refractivity contribution in [3.8, 4) is 11.3 Å². The second kappa shape index (κ2) is 7.62. The van der Waals surface area contributed by atoms with E-state index in [1.807, 2.05) is 18.2 Å². The van der Waals surface area contributed by atoms with Crippen LogP contribution in [0.2, 0.25) is 5.02 Å². The molecule has 1 saturated heterocycles. The summed E-state index contributed by atoms with van der Waals surface area (Å²) in [6, 6.07) is 7.43. The van der Waals surface area contributed by atoms with Crippen molar-refractivity contribution in [3.63, 3.8) is 0 Å². The van der Waals surface area contributed by atoms with Crippen LogP contribution in [-0.4, -0.2) is 30.1 Å². The molecular weight excluding hydrogens is 316 g/mol. The molecule has 1 aromatic heterocycles. The standard InChI is InChI=1S/C17H19ClN2O3/c18-14-6-2-1-5-13(14)15-11-20-17(23-15)8-7-16(21)19-10-12-4-3-9-22-12/h1-2,5-6,11-12H,3-4,7-10H2,(H,19,21)/t12-/m1/s1. The van der Waals surface area contributed by atoms with Crippen molar-refractivity contribution < 1.29 is 13.9 Å². The molecule has 0 unspecified atom stereocenters. The van der Waals surface area contributed by atoms with Gasteiger partial charge in [-0.3, -0.25) is 4.79 Å². The maximum atomic E-state index is 11.8. The Hall–Kier alpha value is -1.85. The van der Waals surface area contributed by atoms with Gasteiger partial charge in [-0.15, -0.1) is 0 Å². The molecule has 23 heavy (non-hydrogen) atoms. The third-order valence-electron chi connectivity index (χ3n) is 3.81. The topological polar surface area (TPSA) is 64.4 Å². The highest BCUT2D eigenvalue weighted by molar-refractivity contribution is 6.33. The van der Waals surface area contributed by atoms with E-state index in [2.05, 4.69) is 10.3 Å². The number of hydrogen-bond donors (Lipinski definition) is 1. The molecule has 1 aromatic carbocycles. The van der Waals surface area contributed by atoms with Gasteiger partial charge in [-0.25, -0.2) is 4.98 Å². The minimum absolute atomic E-state index is 0.0157. The second-order valence-corrected chi connectivity index (χ2v) is 5.94. The van der Waals surface area contributed by atoms with E-state index < -0.39 is 0 Å². The molecule has 1 fully saturated rings. The molecule has 1 aliphatic rings. The van der Waals surface area contributed by atoms with Gasteiger partial charge in [-0.2, -0.15) is 0 Å². The van der Waals surface area contributed by atoms with Crippen LogP contribution in [0.15, 0.2) is 34.9 Å². The van der Waals surface area contributed by atoms with Gasteiger partial charge in [0.15, 0.2) is 11.7 Å². The highest BCUT2D eigenvalue weighted by Gasteiger charge is 2.16. The maximum absolute atomic E-state index is 11.8. The summed E-state index contributed by atoms with van der Waals surface area (Å²) < 4.78 is 11.2. The third-order valence-corrected chi connectivity index (χ3v) is 4.14. The van der Waals surface area contributed by atoms with Crippen LogP contribution in [0, 0.1) is 0 Å². The van der Waals surface area contributed by atoms with Gasteiger partial charge in [-0.1, -0.05) is 23.7 Å². The Morgan fingerprint density at radius 2 is 2.26 bits per heavy atom. The minimum atomic E-state index is -0.0157. The fraction of sp³-hybridized carbons (Fsp3) is 0.412. The number of nitrogens with one attached hydrogen (secondary N) is 1. The molecular formula is C17H19ClN2O3. The molecule has 3 rings (SSSR count). The van der Waals surface area contributed by atoms with E-state index in [0.29, 0.717) is 36.1 Å². The average Bonchev–Trinajstić information content (AvgIpc) is 3.23. The fourth-order valence-electron chi connectivity index (χ4n) is 2.55. The molecule has 1 amide bonds. The van der Waals surface area contributed by atoms with Crippen LogP contribution < -0.4 is 5.32 Å². The summed E-state index contributed by atoms with van der Waals surface area (Å²) in [7, 11) is 0. The lowest BCUT2D eigenvalue weighted by Gasteiger charge is -2.10. The Bertz CT molecular complexity index is 665. The zero-order valence-electron chi connectivity index (χ0n) is 12.8. The van der Waals surface area contributed by atoms with Gasteiger partial charge >= 0.3 is 0 Å². The van der Waals surface area contributed by atoms with E-state index in [-0.39, 0.29) is 12.0 Å². The molecule has 2 heterocycles.